The molecule has 0 bridgehead atoms. The van der Waals surface area contributed by atoms with Gasteiger partial charge in [0.1, 0.15) is 5.82 Å². The van der Waals surface area contributed by atoms with Gasteiger partial charge in [-0.05, 0) is 60.4 Å². The fourth-order valence-electron chi connectivity index (χ4n) is 6.46. The van der Waals surface area contributed by atoms with Crippen molar-refractivity contribution in [3.63, 3.8) is 0 Å². The highest BCUT2D eigenvalue weighted by Gasteiger charge is 2.30. The van der Waals surface area contributed by atoms with E-state index >= 15 is 0 Å². The Morgan fingerprint density at radius 2 is 1.28 bits per heavy atom. The monoisotopic (exact) mass is 608 g/mol. The molecule has 0 amide bonds. The number of anilines is 3. The summed E-state index contributed by atoms with van der Waals surface area (Å²) in [5.74, 6) is 1.21. The lowest BCUT2D eigenvalue weighted by atomic mass is 9.39. The second-order valence-electron chi connectivity index (χ2n) is 12.2. The summed E-state index contributed by atoms with van der Waals surface area (Å²) in [6.07, 6.45) is 4.07. The number of rotatable bonds is 9. The molecule has 2 heterocycles. The summed E-state index contributed by atoms with van der Waals surface area (Å²) < 4.78 is 2.35. The van der Waals surface area contributed by atoms with Gasteiger partial charge in [0.05, 0.1) is 17.1 Å². The number of hydrogen-bond acceptors (Lipinski definition) is 3. The van der Waals surface area contributed by atoms with Gasteiger partial charge >= 0.3 is 0 Å². The van der Waals surface area contributed by atoms with Crippen molar-refractivity contribution in [1.29, 1.82) is 0 Å². The molecule has 228 valence electrons. The molecule has 7 rings (SSSR count). The van der Waals surface area contributed by atoms with Gasteiger partial charge in [-0.1, -0.05) is 140 Å². The summed E-state index contributed by atoms with van der Waals surface area (Å²) in [6.45, 7) is 6.59. The molecule has 4 nitrogen and oxygen atoms in total. The Morgan fingerprint density at radius 1 is 0.638 bits per heavy atom. The molecule has 0 aliphatic heterocycles. The van der Waals surface area contributed by atoms with E-state index in [4.69, 9.17) is 9.97 Å². The third-order valence-electron chi connectivity index (χ3n) is 8.68. The van der Waals surface area contributed by atoms with Crippen molar-refractivity contribution in [3.8, 4) is 16.9 Å². The van der Waals surface area contributed by atoms with Gasteiger partial charge in [0.25, 0.3) is 6.71 Å². The number of pyridine rings is 1. The van der Waals surface area contributed by atoms with Crippen LogP contribution < -0.4 is 21.5 Å². The summed E-state index contributed by atoms with van der Waals surface area (Å²) in [5, 5.41) is 0. The van der Waals surface area contributed by atoms with Crippen molar-refractivity contribution in [2.24, 2.45) is 0 Å². The Kier molecular flexibility index (Phi) is 8.53. The molecule has 0 saturated heterocycles. The minimum absolute atomic E-state index is 0.144. The van der Waals surface area contributed by atoms with Crippen molar-refractivity contribution >= 4 is 40.6 Å². The molecule has 0 N–H and O–H groups in total. The van der Waals surface area contributed by atoms with Crippen LogP contribution in [0.4, 0.5) is 17.2 Å². The minimum Gasteiger partial charge on any atom is -0.310 e. The molecule has 0 atom stereocenters. The van der Waals surface area contributed by atoms with Crippen molar-refractivity contribution < 1.29 is 0 Å². The van der Waals surface area contributed by atoms with E-state index in [1.165, 1.54) is 22.3 Å². The molecule has 5 aromatic carbocycles. The van der Waals surface area contributed by atoms with Crippen LogP contribution in [0.2, 0.25) is 0 Å². The largest absolute Gasteiger partial charge is 0.310 e. The normalized spacial score (nSPS) is 11.1. The van der Waals surface area contributed by atoms with E-state index in [0.717, 1.165) is 39.6 Å². The van der Waals surface area contributed by atoms with Crippen LogP contribution in [0.25, 0.3) is 16.9 Å². The van der Waals surface area contributed by atoms with Crippen LogP contribution in [-0.2, 0) is 0 Å². The van der Waals surface area contributed by atoms with E-state index in [1.807, 2.05) is 24.4 Å². The molecule has 0 fully saturated rings. The Morgan fingerprint density at radius 3 is 1.98 bits per heavy atom. The summed E-state index contributed by atoms with van der Waals surface area (Å²) in [5.41, 5.74) is 11.2. The molecule has 0 saturated carbocycles. The third-order valence-corrected chi connectivity index (χ3v) is 8.68. The molecular weight excluding hydrogens is 571 g/mol. The highest BCUT2D eigenvalue weighted by Crippen LogP contribution is 2.32. The van der Waals surface area contributed by atoms with Gasteiger partial charge in [-0.25, -0.2) is 9.97 Å². The number of hydrogen-bond donors (Lipinski definition) is 0. The van der Waals surface area contributed by atoms with Crippen molar-refractivity contribution in [2.75, 3.05) is 4.90 Å². The van der Waals surface area contributed by atoms with Crippen LogP contribution in [-0.4, -0.2) is 21.2 Å². The summed E-state index contributed by atoms with van der Waals surface area (Å²) in [7, 11) is 0. The maximum absolute atomic E-state index is 5.48. The predicted octanol–water partition coefficient (Wildman–Crippen LogP) is 8.35. The van der Waals surface area contributed by atoms with Gasteiger partial charge < -0.3 is 4.57 Å². The van der Waals surface area contributed by atoms with Crippen LogP contribution in [0, 0.1) is 6.92 Å². The number of aryl methyl sites for hydroxylation is 1. The van der Waals surface area contributed by atoms with Crippen LogP contribution in [0.5, 0.6) is 0 Å². The first kappa shape index (κ1) is 30.0. The van der Waals surface area contributed by atoms with Crippen LogP contribution in [0.15, 0.2) is 164 Å². The number of para-hydroxylation sites is 2. The smallest absolute Gasteiger partial charge is 0.288 e. The molecule has 7 aromatic rings. The van der Waals surface area contributed by atoms with E-state index in [9.17, 15) is 0 Å². The Bertz CT molecular complexity index is 2040. The van der Waals surface area contributed by atoms with Crippen molar-refractivity contribution in [3.05, 3.63) is 175 Å². The Hall–Kier alpha value is -5.68. The molecule has 0 unspecified atom stereocenters. The average molecular weight is 609 g/mol. The molecule has 0 radical (unpaired) electrons. The summed E-state index contributed by atoms with van der Waals surface area (Å²) in [6, 6.07) is 53.2. The fraction of sp³-hybridized carbons (Fsp3) is 0.0952. The van der Waals surface area contributed by atoms with Crippen molar-refractivity contribution in [1.82, 2.24) is 14.5 Å². The molecule has 0 spiro atoms. The van der Waals surface area contributed by atoms with Crippen LogP contribution in [0.1, 0.15) is 30.9 Å². The number of benzene rings is 5. The lowest BCUT2D eigenvalue weighted by molar-refractivity contribution is 0.846. The maximum atomic E-state index is 5.48. The number of nitrogens with zero attached hydrogens (tertiary/aromatic N) is 4. The van der Waals surface area contributed by atoms with E-state index < -0.39 is 0 Å². The SMILES string of the molecule is Cc1cccc(C(C)C)c1-n1cc(-c2ccccc2)nc1B(c1ccccc1)c1cccc(N(c2ccccc2)c2ccccn2)c1. The number of imidazole rings is 1. The Balaban J connectivity index is 1.48. The molecular formula is C42H37BN4. The highest BCUT2D eigenvalue weighted by atomic mass is 15.2. The zero-order valence-corrected chi connectivity index (χ0v) is 27.0. The Labute approximate surface area is 278 Å². The minimum atomic E-state index is -0.144. The van der Waals surface area contributed by atoms with E-state index in [2.05, 4.69) is 170 Å². The van der Waals surface area contributed by atoms with E-state index in [1.54, 1.807) is 0 Å². The zero-order chi connectivity index (χ0) is 32.2. The highest BCUT2D eigenvalue weighted by molar-refractivity contribution is 6.94. The van der Waals surface area contributed by atoms with E-state index in [0.29, 0.717) is 5.92 Å². The molecule has 5 heteroatoms. The third kappa shape index (κ3) is 6.13. The lowest BCUT2D eigenvalue weighted by Crippen LogP contribution is -2.55. The van der Waals surface area contributed by atoms with Gasteiger partial charge in [0.2, 0.25) is 0 Å². The molecule has 0 aliphatic rings. The first-order valence-electron chi connectivity index (χ1n) is 16.2. The molecule has 0 aliphatic carbocycles. The number of aromatic nitrogens is 3. The quantitative estimate of drug-likeness (QED) is 0.155. The second-order valence-corrected chi connectivity index (χ2v) is 12.2. The summed E-state index contributed by atoms with van der Waals surface area (Å²) >= 11 is 0. The molecule has 2 aromatic heterocycles. The summed E-state index contributed by atoms with van der Waals surface area (Å²) in [4.78, 5) is 12.5. The lowest BCUT2D eigenvalue weighted by Gasteiger charge is -2.26. The second kappa shape index (κ2) is 13.4. The van der Waals surface area contributed by atoms with Crippen molar-refractivity contribution in [2.45, 2.75) is 26.7 Å². The van der Waals surface area contributed by atoms with Gasteiger partial charge in [-0.3, -0.25) is 4.90 Å². The predicted molar refractivity (Wildman–Crippen MR) is 198 cm³/mol. The van der Waals surface area contributed by atoms with Gasteiger partial charge in [-0.2, -0.15) is 0 Å². The first-order valence-corrected chi connectivity index (χ1v) is 16.2. The van der Waals surface area contributed by atoms with E-state index in [-0.39, 0.29) is 6.71 Å². The van der Waals surface area contributed by atoms with Crippen LogP contribution in [0.3, 0.4) is 0 Å². The van der Waals surface area contributed by atoms with Gasteiger partial charge in [0, 0.05) is 29.3 Å². The zero-order valence-electron chi connectivity index (χ0n) is 27.0. The maximum Gasteiger partial charge on any atom is 0.288 e. The fourth-order valence-corrected chi connectivity index (χ4v) is 6.46. The van der Waals surface area contributed by atoms with Gasteiger partial charge in [0.15, 0.2) is 0 Å². The van der Waals surface area contributed by atoms with Crippen LogP contribution >= 0.6 is 0 Å². The van der Waals surface area contributed by atoms with Gasteiger partial charge in [-0.15, -0.1) is 0 Å². The standard InChI is InChI=1S/C42H37BN4/c1-31(2)38-26-15-17-32(3)41(38)46-30-39(33-18-7-4-8-19-33)45-42(46)43(34-20-9-5-10-21-34)35-22-16-25-37(29-35)47(36-23-11-6-12-24-36)40-27-13-14-28-44-40/h4-31H,1-3H3. The first-order chi connectivity index (χ1) is 23.1. The molecule has 47 heavy (non-hydrogen) atoms. The topological polar surface area (TPSA) is 34.0 Å². The average Bonchev–Trinajstić information content (AvgIpc) is 3.55.